The number of hydrogen-bond donors (Lipinski definition) is 5. The van der Waals surface area contributed by atoms with Gasteiger partial charge in [-0.05, 0) is 30.9 Å². The first kappa shape index (κ1) is 22.1. The van der Waals surface area contributed by atoms with E-state index in [1.807, 2.05) is 6.92 Å². The predicted octanol–water partition coefficient (Wildman–Crippen LogP) is -0.993. The first-order valence-corrected chi connectivity index (χ1v) is 8.25. The fourth-order valence-electron chi connectivity index (χ4n) is 2.22. The lowest BCUT2D eigenvalue weighted by molar-refractivity contribution is -0.133. The summed E-state index contributed by atoms with van der Waals surface area (Å²) in [4.78, 5) is 23.9. The van der Waals surface area contributed by atoms with Gasteiger partial charge in [-0.2, -0.15) is 0 Å². The molecule has 144 valence electrons. The highest BCUT2D eigenvalue weighted by Gasteiger charge is 2.21. The summed E-state index contributed by atoms with van der Waals surface area (Å²) >= 11 is 0. The molecule has 1 rings (SSSR count). The second-order valence-corrected chi connectivity index (χ2v) is 5.76. The van der Waals surface area contributed by atoms with Crippen LogP contribution in [0.5, 0.6) is 0 Å². The summed E-state index contributed by atoms with van der Waals surface area (Å²) in [6, 6.07) is 5.31. The highest BCUT2D eigenvalue weighted by Crippen LogP contribution is 2.09. The normalized spacial score (nSPS) is 13.0. The van der Waals surface area contributed by atoms with Crippen LogP contribution in [0.15, 0.2) is 24.3 Å². The van der Waals surface area contributed by atoms with Crippen molar-refractivity contribution in [1.82, 2.24) is 10.8 Å². The van der Waals surface area contributed by atoms with Gasteiger partial charge in [0.1, 0.15) is 6.79 Å². The Morgan fingerprint density at radius 2 is 1.85 bits per heavy atom. The van der Waals surface area contributed by atoms with Crippen LogP contribution < -0.4 is 16.3 Å². The molecule has 1 aromatic carbocycles. The lowest BCUT2D eigenvalue weighted by atomic mass is 9.80. The van der Waals surface area contributed by atoms with Crippen LogP contribution in [0.1, 0.15) is 30.6 Å². The second kappa shape index (κ2) is 11.6. The van der Waals surface area contributed by atoms with E-state index in [-0.39, 0.29) is 25.3 Å². The van der Waals surface area contributed by atoms with Crippen LogP contribution in [0.3, 0.4) is 0 Å². The van der Waals surface area contributed by atoms with Gasteiger partial charge in [0, 0.05) is 18.1 Å². The third kappa shape index (κ3) is 7.50. The Labute approximate surface area is 152 Å². The van der Waals surface area contributed by atoms with Gasteiger partial charge in [0.15, 0.2) is 0 Å². The van der Waals surface area contributed by atoms with E-state index in [9.17, 15) is 9.59 Å². The maximum Gasteiger partial charge on any atom is 0.488 e. The molecule has 0 spiro atoms. The molecule has 1 aromatic rings. The Morgan fingerprint density at radius 1 is 1.19 bits per heavy atom. The van der Waals surface area contributed by atoms with Crippen molar-refractivity contribution in [2.45, 2.75) is 26.3 Å². The van der Waals surface area contributed by atoms with Gasteiger partial charge in [-0.15, -0.1) is 0 Å². The smallest absolute Gasteiger partial charge is 0.423 e. The van der Waals surface area contributed by atoms with E-state index in [4.69, 9.17) is 24.7 Å². The largest absolute Gasteiger partial charge is 0.488 e. The molecular weight excluding hydrogens is 343 g/mol. The summed E-state index contributed by atoms with van der Waals surface area (Å²) in [5.41, 5.74) is 2.18. The molecule has 2 atom stereocenters. The van der Waals surface area contributed by atoms with Crippen molar-refractivity contribution in [3.63, 3.8) is 0 Å². The summed E-state index contributed by atoms with van der Waals surface area (Å²) in [6.45, 7) is 4.12. The predicted molar refractivity (Wildman–Crippen MR) is 93.7 cm³/mol. The minimum Gasteiger partial charge on any atom is -0.423 e. The molecule has 5 N–H and O–H groups in total. The van der Waals surface area contributed by atoms with E-state index >= 15 is 0 Å². The molecule has 0 fully saturated rings. The summed E-state index contributed by atoms with van der Waals surface area (Å²) < 4.78 is 10.4. The standard InChI is InChI=1S/C16H25BN2O7/c1-3-25-10-26-9-14(8-11(2)15(20)19-24)18-16(21)12-4-6-13(7-5-12)17(22)23/h4-7,11,14,22-24H,3,8-10H2,1-2H3,(H,18,21)(H,19,20)/t11-,14-/m0/s1. The van der Waals surface area contributed by atoms with Crippen molar-refractivity contribution in [2.24, 2.45) is 5.92 Å². The van der Waals surface area contributed by atoms with Crippen LogP contribution in [0.4, 0.5) is 0 Å². The highest BCUT2D eigenvalue weighted by atomic mass is 16.7. The number of nitrogens with one attached hydrogen (secondary N) is 2. The van der Waals surface area contributed by atoms with Crippen molar-refractivity contribution in [2.75, 3.05) is 20.0 Å². The van der Waals surface area contributed by atoms with Crippen molar-refractivity contribution in [3.8, 4) is 0 Å². The number of amides is 2. The molecule has 10 heteroatoms. The summed E-state index contributed by atoms with van der Waals surface area (Å²) in [5, 5.41) is 29.6. The van der Waals surface area contributed by atoms with Crippen LogP contribution in [0, 0.1) is 5.92 Å². The zero-order chi connectivity index (χ0) is 19.5. The summed E-state index contributed by atoms with van der Waals surface area (Å²) in [7, 11) is -1.61. The number of ether oxygens (including phenoxy) is 2. The van der Waals surface area contributed by atoms with Crippen molar-refractivity contribution < 1.29 is 34.3 Å². The van der Waals surface area contributed by atoms with E-state index in [1.165, 1.54) is 24.3 Å². The lowest BCUT2D eigenvalue weighted by Gasteiger charge is -2.21. The van der Waals surface area contributed by atoms with Gasteiger partial charge >= 0.3 is 7.12 Å². The molecule has 0 aliphatic carbocycles. The van der Waals surface area contributed by atoms with Crippen molar-refractivity contribution >= 4 is 24.4 Å². The molecular formula is C16H25BN2O7. The Bertz CT molecular complexity index is 568. The van der Waals surface area contributed by atoms with Crippen LogP contribution in [-0.2, 0) is 14.3 Å². The number of benzene rings is 1. The zero-order valence-electron chi connectivity index (χ0n) is 14.8. The maximum absolute atomic E-state index is 12.4. The monoisotopic (exact) mass is 368 g/mol. The van der Waals surface area contributed by atoms with E-state index in [0.29, 0.717) is 12.2 Å². The average Bonchev–Trinajstić information content (AvgIpc) is 2.64. The first-order chi connectivity index (χ1) is 12.4. The molecule has 9 nitrogen and oxygen atoms in total. The fraction of sp³-hybridized carbons (Fsp3) is 0.500. The third-order valence-electron chi connectivity index (χ3n) is 3.69. The molecule has 2 amide bonds. The van der Waals surface area contributed by atoms with E-state index in [2.05, 4.69) is 5.32 Å². The molecule has 0 unspecified atom stereocenters. The quantitative estimate of drug-likeness (QED) is 0.111. The SMILES string of the molecule is CCOCOC[C@H](C[C@H](C)C(=O)NO)NC(=O)c1ccc(B(O)O)cc1. The molecule has 0 aliphatic rings. The summed E-state index contributed by atoms with van der Waals surface area (Å²) in [5.74, 6) is -1.51. The molecule has 0 saturated heterocycles. The van der Waals surface area contributed by atoms with Crippen molar-refractivity contribution in [3.05, 3.63) is 29.8 Å². The van der Waals surface area contributed by atoms with Gasteiger partial charge < -0.3 is 24.8 Å². The minimum absolute atomic E-state index is 0.0620. The van der Waals surface area contributed by atoms with Gasteiger partial charge in [-0.1, -0.05) is 19.1 Å². The molecule has 0 saturated carbocycles. The Balaban J connectivity index is 2.71. The fourth-order valence-corrected chi connectivity index (χ4v) is 2.22. The second-order valence-electron chi connectivity index (χ2n) is 5.76. The Morgan fingerprint density at radius 3 is 2.38 bits per heavy atom. The number of carbonyl (C=O) groups excluding carboxylic acids is 2. The van der Waals surface area contributed by atoms with Gasteiger partial charge in [-0.25, -0.2) is 5.48 Å². The molecule has 0 aromatic heterocycles. The number of rotatable bonds is 11. The number of hydroxylamine groups is 1. The molecule has 0 heterocycles. The van der Waals surface area contributed by atoms with Crippen LogP contribution >= 0.6 is 0 Å². The van der Waals surface area contributed by atoms with Crippen LogP contribution in [0.25, 0.3) is 0 Å². The average molecular weight is 368 g/mol. The molecule has 26 heavy (non-hydrogen) atoms. The van der Waals surface area contributed by atoms with Gasteiger partial charge in [0.25, 0.3) is 5.91 Å². The zero-order valence-corrected chi connectivity index (χ0v) is 14.8. The number of hydrogen-bond acceptors (Lipinski definition) is 7. The van der Waals surface area contributed by atoms with E-state index < -0.39 is 30.9 Å². The van der Waals surface area contributed by atoms with Gasteiger partial charge in [0.05, 0.1) is 12.6 Å². The van der Waals surface area contributed by atoms with Crippen LogP contribution in [0.2, 0.25) is 0 Å². The van der Waals surface area contributed by atoms with Gasteiger partial charge in [-0.3, -0.25) is 14.8 Å². The van der Waals surface area contributed by atoms with E-state index in [1.54, 1.807) is 12.4 Å². The minimum atomic E-state index is -1.61. The lowest BCUT2D eigenvalue weighted by Crippen LogP contribution is -2.41. The van der Waals surface area contributed by atoms with Gasteiger partial charge in [0.2, 0.25) is 5.91 Å². The first-order valence-electron chi connectivity index (χ1n) is 8.25. The molecule has 0 radical (unpaired) electrons. The number of carbonyl (C=O) groups is 2. The maximum atomic E-state index is 12.4. The topological polar surface area (TPSA) is 137 Å². The molecule has 0 bridgehead atoms. The van der Waals surface area contributed by atoms with E-state index in [0.717, 1.165) is 0 Å². The summed E-state index contributed by atoms with van der Waals surface area (Å²) in [6.07, 6.45) is 0.248. The van der Waals surface area contributed by atoms with Crippen LogP contribution in [-0.4, -0.2) is 60.2 Å². The van der Waals surface area contributed by atoms with Crippen molar-refractivity contribution in [1.29, 1.82) is 0 Å². The third-order valence-corrected chi connectivity index (χ3v) is 3.69. The molecule has 0 aliphatic heterocycles. The Kier molecular flexibility index (Phi) is 9.85. The Hall–Kier alpha value is -1.98. The highest BCUT2D eigenvalue weighted by molar-refractivity contribution is 6.58.